The van der Waals surface area contributed by atoms with Gasteiger partial charge in [-0.1, -0.05) is 24.3 Å². The molecule has 220 valence electrons. The van der Waals surface area contributed by atoms with Crippen LogP contribution in [0.3, 0.4) is 0 Å². The Hall–Kier alpha value is -1.46. The molecule has 1 aromatic rings. The molecule has 4 heterocycles. The van der Waals surface area contributed by atoms with Crippen molar-refractivity contribution in [1.82, 2.24) is 25.3 Å². The number of likely N-dealkylation sites (N-methyl/N-ethyl adjacent to an activating group) is 1. The third-order valence-corrected chi connectivity index (χ3v) is 11.9. The van der Waals surface area contributed by atoms with Crippen LogP contribution in [0.2, 0.25) is 0 Å². The number of thioether (sulfide) groups is 1. The molecule has 1 amide bonds. The molecule has 1 spiro atoms. The van der Waals surface area contributed by atoms with E-state index in [4.69, 9.17) is 10.5 Å². The smallest absolute Gasteiger partial charge is 0.246 e. The van der Waals surface area contributed by atoms with Gasteiger partial charge in [0.15, 0.2) is 6.35 Å². The number of nitrogens with two attached hydrogens (primary N) is 1. The Labute approximate surface area is 244 Å². The first-order valence-corrected chi connectivity index (χ1v) is 16.2. The summed E-state index contributed by atoms with van der Waals surface area (Å²) in [6, 6.07) is 7.88. The van der Waals surface area contributed by atoms with Crippen LogP contribution in [0.5, 0.6) is 0 Å². The van der Waals surface area contributed by atoms with E-state index in [1.165, 1.54) is 60.6 Å². The van der Waals surface area contributed by atoms with Gasteiger partial charge in [0.2, 0.25) is 5.91 Å². The van der Waals surface area contributed by atoms with Gasteiger partial charge in [-0.3, -0.25) is 20.3 Å². The lowest BCUT2D eigenvalue weighted by Crippen LogP contribution is -2.73. The molecule has 6 rings (SSSR count). The number of fused-ring (bicyclic) bond motifs is 2. The van der Waals surface area contributed by atoms with Gasteiger partial charge in [0, 0.05) is 53.8 Å². The molecule has 0 bridgehead atoms. The topological polar surface area (TPSA) is 86.1 Å². The number of piperazine rings is 1. The summed E-state index contributed by atoms with van der Waals surface area (Å²) in [4.78, 5) is 20.9. The molecule has 1 saturated carbocycles. The van der Waals surface area contributed by atoms with Crippen LogP contribution in [0.15, 0.2) is 35.7 Å². The number of nitrogens with one attached hydrogen (secondary N) is 2. The number of hydrogen-bond donors (Lipinski definition) is 3. The molecule has 7 atom stereocenters. The molecular weight excluding hydrogens is 520 g/mol. The molecule has 6 unspecified atom stereocenters. The highest BCUT2D eigenvalue weighted by molar-refractivity contribution is 8.00. The van der Waals surface area contributed by atoms with Crippen molar-refractivity contribution in [3.05, 3.63) is 42.0 Å². The fraction of sp³-hybridized carbons (Fsp3) is 0.710. The minimum absolute atomic E-state index is 0.00434. The molecule has 4 fully saturated rings. The third kappa shape index (κ3) is 5.76. The van der Waals surface area contributed by atoms with Gasteiger partial charge in [-0.05, 0) is 83.2 Å². The maximum absolute atomic E-state index is 12.5. The van der Waals surface area contributed by atoms with Crippen molar-refractivity contribution >= 4 is 17.7 Å². The number of aryl methyl sites for hydroxylation is 2. The minimum atomic E-state index is -0.178. The average molecular weight is 569 g/mol. The number of carbonyl (C=O) groups excluding carboxylic acids is 1. The summed E-state index contributed by atoms with van der Waals surface area (Å²) in [6.45, 7) is 10.6. The van der Waals surface area contributed by atoms with E-state index in [1.807, 2.05) is 4.90 Å². The van der Waals surface area contributed by atoms with Crippen LogP contribution >= 0.6 is 11.8 Å². The Balaban J connectivity index is 1.20. The van der Waals surface area contributed by atoms with Gasteiger partial charge in [-0.25, -0.2) is 0 Å². The zero-order chi connectivity index (χ0) is 27.9. The third-order valence-electron chi connectivity index (χ3n) is 10.3. The van der Waals surface area contributed by atoms with E-state index >= 15 is 0 Å². The first kappa shape index (κ1) is 28.6. The number of likely N-dealkylation sites (tertiary alicyclic amines) is 1. The maximum Gasteiger partial charge on any atom is 0.246 e. The van der Waals surface area contributed by atoms with E-state index in [0.29, 0.717) is 31.1 Å². The standard InChI is InChI=1S/C31H48N6O2S/c1-4-28(38)37-15-14-36(19-24(37)18-32)29-25-10-12-31(11-9-22-16-21(2)7-8-27(22)40-31)17-26(25)33-30(34-29)39-20-23-6-5-13-35(23)3/h4,7-8,16,23-26,29-30,33-34H,1,5-6,9-15,17-20,32H2,2-3H3/t23?,24?,25?,26?,29?,30?,31-/m0/s1. The molecule has 3 saturated heterocycles. The van der Waals surface area contributed by atoms with Crippen LogP contribution in [0.1, 0.15) is 49.7 Å². The summed E-state index contributed by atoms with van der Waals surface area (Å²) in [5, 5.41) is 7.81. The van der Waals surface area contributed by atoms with Gasteiger partial charge in [-0.2, -0.15) is 0 Å². The quantitative estimate of drug-likeness (QED) is 0.452. The molecule has 1 aliphatic carbocycles. The van der Waals surface area contributed by atoms with Crippen LogP contribution in [0.25, 0.3) is 0 Å². The predicted molar refractivity (Wildman–Crippen MR) is 161 cm³/mol. The molecule has 9 heteroatoms. The van der Waals surface area contributed by atoms with Crippen molar-refractivity contribution < 1.29 is 9.53 Å². The number of rotatable bonds is 6. The average Bonchev–Trinajstić information content (AvgIpc) is 3.39. The van der Waals surface area contributed by atoms with Gasteiger partial charge in [0.25, 0.3) is 0 Å². The SMILES string of the molecule is C=CC(=O)N1CCN(C2NC(OCC3CCCN3C)NC3C[C@]4(CCc5cc(C)ccc5S4)CCC32)CC1CN. The number of ether oxygens (including phenoxy) is 1. The number of hydrogen-bond acceptors (Lipinski definition) is 8. The second kappa shape index (κ2) is 12.0. The van der Waals surface area contributed by atoms with Crippen molar-refractivity contribution in [3.63, 3.8) is 0 Å². The van der Waals surface area contributed by atoms with Gasteiger partial charge < -0.3 is 20.3 Å². The Morgan fingerprint density at radius 3 is 2.88 bits per heavy atom. The van der Waals surface area contributed by atoms with Crippen LogP contribution in [0.4, 0.5) is 0 Å². The number of benzene rings is 1. The lowest BCUT2D eigenvalue weighted by atomic mass is 9.72. The van der Waals surface area contributed by atoms with Crippen LogP contribution in [-0.2, 0) is 16.0 Å². The fourth-order valence-corrected chi connectivity index (χ4v) is 9.53. The Bertz CT molecular complexity index is 1090. The van der Waals surface area contributed by atoms with Crippen LogP contribution < -0.4 is 16.4 Å². The van der Waals surface area contributed by atoms with E-state index in [2.05, 4.69) is 70.9 Å². The van der Waals surface area contributed by atoms with Crippen molar-refractivity contribution in [2.24, 2.45) is 11.7 Å². The highest BCUT2D eigenvalue weighted by Crippen LogP contribution is 2.53. The number of carbonyl (C=O) groups is 1. The maximum atomic E-state index is 12.5. The molecule has 5 aliphatic rings. The molecule has 0 aromatic heterocycles. The predicted octanol–water partition coefficient (Wildman–Crippen LogP) is 2.51. The lowest BCUT2D eigenvalue weighted by molar-refractivity contribution is -0.135. The summed E-state index contributed by atoms with van der Waals surface area (Å²) in [5.74, 6) is 0.470. The highest BCUT2D eigenvalue weighted by atomic mass is 32.2. The molecule has 8 nitrogen and oxygen atoms in total. The summed E-state index contributed by atoms with van der Waals surface area (Å²) in [5.41, 5.74) is 9.07. The van der Waals surface area contributed by atoms with Gasteiger partial charge in [-0.15, -0.1) is 11.8 Å². The molecule has 4 N–H and O–H groups in total. The summed E-state index contributed by atoms with van der Waals surface area (Å²) in [7, 11) is 2.21. The number of nitrogens with zero attached hydrogens (tertiary/aromatic N) is 3. The van der Waals surface area contributed by atoms with Crippen LogP contribution in [-0.4, -0.2) is 102 Å². The molecule has 4 aliphatic heterocycles. The van der Waals surface area contributed by atoms with Crippen molar-refractivity contribution in [2.75, 3.05) is 46.4 Å². The monoisotopic (exact) mass is 568 g/mol. The van der Waals surface area contributed by atoms with Crippen molar-refractivity contribution in [3.8, 4) is 0 Å². The number of amides is 1. The minimum Gasteiger partial charge on any atom is -0.348 e. The zero-order valence-electron chi connectivity index (χ0n) is 24.3. The molecule has 40 heavy (non-hydrogen) atoms. The van der Waals surface area contributed by atoms with E-state index in [1.54, 1.807) is 0 Å². The Morgan fingerprint density at radius 2 is 2.10 bits per heavy atom. The van der Waals surface area contributed by atoms with Gasteiger partial charge in [0.1, 0.15) is 0 Å². The van der Waals surface area contributed by atoms with Gasteiger partial charge in [0.05, 0.1) is 18.8 Å². The summed E-state index contributed by atoms with van der Waals surface area (Å²) < 4.78 is 6.86. The Morgan fingerprint density at radius 1 is 1.23 bits per heavy atom. The normalized spacial score (nSPS) is 36.8. The summed E-state index contributed by atoms with van der Waals surface area (Å²) in [6.07, 6.45) is 9.89. The van der Waals surface area contributed by atoms with Crippen molar-refractivity contribution in [1.29, 1.82) is 0 Å². The van der Waals surface area contributed by atoms with E-state index in [9.17, 15) is 4.79 Å². The second-order valence-electron chi connectivity index (χ2n) is 12.8. The Kier molecular flexibility index (Phi) is 8.62. The molecule has 1 aromatic carbocycles. The van der Waals surface area contributed by atoms with E-state index in [-0.39, 0.29) is 29.2 Å². The highest BCUT2D eigenvalue weighted by Gasteiger charge is 2.50. The van der Waals surface area contributed by atoms with Crippen LogP contribution in [0, 0.1) is 12.8 Å². The largest absolute Gasteiger partial charge is 0.348 e. The fourth-order valence-electron chi connectivity index (χ4n) is 7.95. The first-order valence-electron chi connectivity index (χ1n) is 15.4. The second-order valence-corrected chi connectivity index (χ2v) is 14.3. The molecule has 0 radical (unpaired) electrons. The van der Waals surface area contributed by atoms with E-state index in [0.717, 1.165) is 32.7 Å². The summed E-state index contributed by atoms with van der Waals surface area (Å²) >= 11 is 2.14. The lowest BCUT2D eigenvalue weighted by Gasteiger charge is -2.56. The molecular formula is C31H48N6O2S. The van der Waals surface area contributed by atoms with E-state index < -0.39 is 0 Å². The first-order chi connectivity index (χ1) is 19.4. The zero-order valence-corrected chi connectivity index (χ0v) is 25.1. The van der Waals surface area contributed by atoms with Gasteiger partial charge >= 0.3 is 0 Å². The van der Waals surface area contributed by atoms with Crippen molar-refractivity contribution in [2.45, 2.75) is 92.2 Å².